The third-order valence-corrected chi connectivity index (χ3v) is 3.92. The number of nitrogens with two attached hydrogens (primary N) is 2. The first-order valence-corrected chi connectivity index (χ1v) is 7.26. The second kappa shape index (κ2) is 6.60. The van der Waals surface area contributed by atoms with Crippen LogP contribution in [0.25, 0.3) is 0 Å². The van der Waals surface area contributed by atoms with E-state index < -0.39 is 40.7 Å². The molecule has 0 bridgehead atoms. The fourth-order valence-electron chi connectivity index (χ4n) is 2.43. The Balaban J connectivity index is 2.63. The van der Waals surface area contributed by atoms with Crippen LogP contribution in [0.1, 0.15) is 31.8 Å². The van der Waals surface area contributed by atoms with Crippen molar-refractivity contribution in [1.29, 1.82) is 0 Å². The first kappa shape index (κ1) is 20.3. The van der Waals surface area contributed by atoms with Crippen molar-refractivity contribution in [3.8, 4) is 0 Å². The zero-order valence-electron chi connectivity index (χ0n) is 13.4. The number of carbonyl (C=O) groups is 2. The minimum absolute atomic E-state index is 0.239. The summed E-state index contributed by atoms with van der Waals surface area (Å²) >= 11 is 0. The predicted octanol–water partition coefficient (Wildman–Crippen LogP) is 3.40. The molecular weight excluding hydrogens is 378 g/mol. The van der Waals surface area contributed by atoms with E-state index in [1.807, 2.05) is 0 Å². The number of hydrogen-bond donors (Lipinski definition) is 2. The normalized spacial score (nSPS) is 14.4. The minimum Gasteiger partial charge on any atom is -0.366 e. The molecule has 0 aliphatic carbocycles. The highest BCUT2D eigenvalue weighted by molar-refractivity contribution is 5.93. The van der Waals surface area contributed by atoms with Crippen molar-refractivity contribution in [1.82, 2.24) is 0 Å². The number of amides is 2. The Morgan fingerprint density at radius 2 is 0.963 bits per heavy atom. The highest BCUT2D eigenvalue weighted by Gasteiger charge is 2.72. The van der Waals surface area contributed by atoms with Gasteiger partial charge in [-0.2, -0.15) is 22.0 Å². The predicted molar refractivity (Wildman–Crippen MR) is 82.7 cm³/mol. The standard InChI is InChI=1S/C17H12F6N2O2/c18-15(17(21,22)23,11-5-1-9(2-6-11)13(24)26)16(19,20)12-7-3-10(4-8-12)14(25)27/h1-8H,(H2,24,26)(H2,25,27). The Morgan fingerprint density at radius 3 is 1.26 bits per heavy atom. The summed E-state index contributed by atoms with van der Waals surface area (Å²) < 4.78 is 84.6. The first-order valence-electron chi connectivity index (χ1n) is 7.26. The molecule has 2 amide bonds. The lowest BCUT2D eigenvalue weighted by Crippen LogP contribution is -2.51. The summed E-state index contributed by atoms with van der Waals surface area (Å²) in [5.74, 6) is -7.07. The highest BCUT2D eigenvalue weighted by atomic mass is 19.4. The molecule has 0 heterocycles. The van der Waals surface area contributed by atoms with Gasteiger partial charge in [-0.3, -0.25) is 9.59 Å². The Hall–Kier alpha value is -3.04. The van der Waals surface area contributed by atoms with Gasteiger partial charge < -0.3 is 11.5 Å². The maximum Gasteiger partial charge on any atom is 0.433 e. The molecule has 144 valence electrons. The van der Waals surface area contributed by atoms with E-state index in [1.54, 1.807) is 0 Å². The zero-order valence-corrected chi connectivity index (χ0v) is 13.4. The lowest BCUT2D eigenvalue weighted by Gasteiger charge is -2.35. The molecule has 0 fully saturated rings. The molecule has 0 spiro atoms. The van der Waals surface area contributed by atoms with Gasteiger partial charge in [0.2, 0.25) is 11.8 Å². The number of alkyl halides is 6. The fourth-order valence-corrected chi connectivity index (χ4v) is 2.43. The molecule has 2 rings (SSSR count). The van der Waals surface area contributed by atoms with Crippen LogP contribution in [0.3, 0.4) is 0 Å². The number of rotatable bonds is 5. The van der Waals surface area contributed by atoms with Crippen molar-refractivity contribution < 1.29 is 35.9 Å². The van der Waals surface area contributed by atoms with Crippen LogP contribution in [0.2, 0.25) is 0 Å². The van der Waals surface area contributed by atoms with Crippen LogP contribution >= 0.6 is 0 Å². The first-order chi connectivity index (χ1) is 12.3. The smallest absolute Gasteiger partial charge is 0.366 e. The van der Waals surface area contributed by atoms with Crippen LogP contribution in [-0.2, 0) is 11.6 Å². The van der Waals surface area contributed by atoms with Crippen molar-refractivity contribution in [2.45, 2.75) is 17.8 Å². The van der Waals surface area contributed by atoms with Gasteiger partial charge in [0, 0.05) is 22.3 Å². The molecule has 27 heavy (non-hydrogen) atoms. The molecule has 4 nitrogen and oxygen atoms in total. The number of halogens is 6. The average Bonchev–Trinajstić information content (AvgIpc) is 2.60. The highest BCUT2D eigenvalue weighted by Crippen LogP contribution is 2.57. The van der Waals surface area contributed by atoms with E-state index in [-0.39, 0.29) is 11.1 Å². The molecule has 2 aromatic rings. The molecule has 0 saturated heterocycles. The van der Waals surface area contributed by atoms with Gasteiger partial charge in [-0.05, 0) is 24.3 Å². The molecular formula is C17H12F6N2O2. The van der Waals surface area contributed by atoms with E-state index in [0.717, 1.165) is 12.1 Å². The van der Waals surface area contributed by atoms with Crippen LogP contribution in [0, 0.1) is 0 Å². The molecule has 0 saturated carbocycles. The van der Waals surface area contributed by atoms with Crippen molar-refractivity contribution in [3.63, 3.8) is 0 Å². The lowest BCUT2D eigenvalue weighted by molar-refractivity contribution is -0.314. The molecule has 10 heteroatoms. The van der Waals surface area contributed by atoms with Crippen LogP contribution in [0.4, 0.5) is 26.3 Å². The van der Waals surface area contributed by atoms with Gasteiger partial charge in [-0.1, -0.05) is 24.3 Å². The molecule has 4 N–H and O–H groups in total. The van der Waals surface area contributed by atoms with Crippen LogP contribution in [0.15, 0.2) is 48.5 Å². The van der Waals surface area contributed by atoms with Gasteiger partial charge in [-0.25, -0.2) is 4.39 Å². The Morgan fingerprint density at radius 1 is 0.630 bits per heavy atom. The molecule has 1 unspecified atom stereocenters. The molecule has 1 atom stereocenters. The zero-order chi connectivity index (χ0) is 20.6. The summed E-state index contributed by atoms with van der Waals surface area (Å²) in [4.78, 5) is 22.0. The van der Waals surface area contributed by atoms with E-state index in [9.17, 15) is 31.5 Å². The van der Waals surface area contributed by atoms with Gasteiger partial charge in [0.05, 0.1) is 0 Å². The molecule has 0 aliphatic rings. The quantitative estimate of drug-likeness (QED) is 0.767. The molecule has 0 aliphatic heterocycles. The van der Waals surface area contributed by atoms with Gasteiger partial charge in [0.25, 0.3) is 5.67 Å². The van der Waals surface area contributed by atoms with Gasteiger partial charge in [0.15, 0.2) is 0 Å². The third-order valence-electron chi connectivity index (χ3n) is 3.92. The fraction of sp³-hybridized carbons (Fsp3) is 0.176. The lowest BCUT2D eigenvalue weighted by atomic mass is 9.83. The summed E-state index contributed by atoms with van der Waals surface area (Å²) in [6, 6.07) is 4.75. The summed E-state index contributed by atoms with van der Waals surface area (Å²) in [7, 11) is 0. The topological polar surface area (TPSA) is 86.2 Å². The van der Waals surface area contributed by atoms with Gasteiger partial charge in [0.1, 0.15) is 0 Å². The third kappa shape index (κ3) is 3.34. The van der Waals surface area contributed by atoms with Crippen molar-refractivity contribution in [2.75, 3.05) is 0 Å². The SMILES string of the molecule is NC(=O)c1ccc(C(F)(F)C(F)(c2ccc(C(N)=O)cc2)C(F)(F)F)cc1. The summed E-state index contributed by atoms with van der Waals surface area (Å²) in [6.07, 6.45) is -6.01. The van der Waals surface area contributed by atoms with E-state index in [4.69, 9.17) is 11.5 Å². The van der Waals surface area contributed by atoms with Gasteiger partial charge in [-0.15, -0.1) is 0 Å². The number of benzene rings is 2. The maximum atomic E-state index is 15.0. The van der Waals surface area contributed by atoms with Crippen molar-refractivity contribution in [2.24, 2.45) is 11.5 Å². The van der Waals surface area contributed by atoms with Crippen molar-refractivity contribution in [3.05, 3.63) is 70.8 Å². The van der Waals surface area contributed by atoms with E-state index >= 15 is 4.39 Å². The van der Waals surface area contributed by atoms with Crippen LogP contribution in [0.5, 0.6) is 0 Å². The average molecular weight is 390 g/mol. The summed E-state index contributed by atoms with van der Waals surface area (Å²) in [5.41, 5.74) is 1.52. The second-order valence-electron chi connectivity index (χ2n) is 5.61. The largest absolute Gasteiger partial charge is 0.433 e. The Labute approximate surface area is 148 Å². The Bertz CT molecular complexity index is 862. The van der Waals surface area contributed by atoms with E-state index in [0.29, 0.717) is 36.4 Å². The number of carbonyl (C=O) groups excluding carboxylic acids is 2. The van der Waals surface area contributed by atoms with Crippen LogP contribution < -0.4 is 11.5 Å². The van der Waals surface area contributed by atoms with Crippen molar-refractivity contribution >= 4 is 11.8 Å². The number of primary amides is 2. The second-order valence-corrected chi connectivity index (χ2v) is 5.61. The Kier molecular flexibility index (Phi) is 4.96. The summed E-state index contributed by atoms with van der Waals surface area (Å²) in [6.45, 7) is 0. The number of hydrogen-bond acceptors (Lipinski definition) is 2. The van der Waals surface area contributed by atoms with Gasteiger partial charge >= 0.3 is 12.1 Å². The monoisotopic (exact) mass is 390 g/mol. The molecule has 2 aromatic carbocycles. The maximum absolute atomic E-state index is 15.0. The summed E-state index contributed by atoms with van der Waals surface area (Å²) in [5, 5.41) is 0. The molecule has 0 radical (unpaired) electrons. The van der Waals surface area contributed by atoms with Crippen LogP contribution in [-0.4, -0.2) is 18.0 Å². The van der Waals surface area contributed by atoms with E-state index in [1.165, 1.54) is 0 Å². The molecule has 0 aromatic heterocycles. The van der Waals surface area contributed by atoms with E-state index in [2.05, 4.69) is 0 Å². The minimum atomic E-state index is -6.01.